The fourth-order valence-electron chi connectivity index (χ4n) is 2.53. The van der Waals surface area contributed by atoms with Gasteiger partial charge in [-0.05, 0) is 36.8 Å². The first-order valence-electron chi connectivity index (χ1n) is 5.34. The maximum absolute atomic E-state index is 5.83. The first kappa shape index (κ1) is 10.8. The van der Waals surface area contributed by atoms with E-state index in [9.17, 15) is 0 Å². The molecule has 1 heterocycles. The van der Waals surface area contributed by atoms with Gasteiger partial charge in [0, 0.05) is 0 Å². The third kappa shape index (κ3) is 1.96. The maximum Gasteiger partial charge on any atom is 0.0771 e. The lowest BCUT2D eigenvalue weighted by Crippen LogP contribution is -2.10. The summed E-state index contributed by atoms with van der Waals surface area (Å²) in [4.78, 5) is 0. The average Bonchev–Trinajstić information content (AvgIpc) is 2.24. The highest BCUT2D eigenvalue weighted by molar-refractivity contribution is 5.28. The van der Waals surface area contributed by atoms with Crippen molar-refractivity contribution in [2.45, 2.75) is 53.8 Å². The van der Waals surface area contributed by atoms with Gasteiger partial charge in [0.15, 0.2) is 0 Å². The average molecular weight is 182 g/mol. The van der Waals surface area contributed by atoms with Gasteiger partial charge in [0.1, 0.15) is 0 Å². The van der Waals surface area contributed by atoms with Gasteiger partial charge < -0.3 is 4.74 Å². The fourth-order valence-corrected chi connectivity index (χ4v) is 2.53. The van der Waals surface area contributed by atoms with Crippen molar-refractivity contribution in [3.63, 3.8) is 0 Å². The summed E-state index contributed by atoms with van der Waals surface area (Å²) in [6, 6.07) is 0. The molecular weight excluding hydrogens is 160 g/mol. The van der Waals surface area contributed by atoms with E-state index < -0.39 is 0 Å². The lowest BCUT2D eigenvalue weighted by Gasteiger charge is -2.16. The zero-order valence-corrected chi connectivity index (χ0v) is 9.72. The standard InChI is InChI=1S/C12H22O/c1-7(2)11-9(5)13-10(6)12(11)8(3)4/h7-10H,1-6H3/t9-,10-/m0/s1. The van der Waals surface area contributed by atoms with Crippen molar-refractivity contribution in [1.82, 2.24) is 0 Å². The van der Waals surface area contributed by atoms with E-state index in [0.29, 0.717) is 24.0 Å². The highest BCUT2D eigenvalue weighted by atomic mass is 16.5. The molecule has 0 aromatic rings. The van der Waals surface area contributed by atoms with Crippen LogP contribution in [-0.2, 0) is 4.74 Å². The molecule has 0 bridgehead atoms. The molecule has 0 saturated carbocycles. The Kier molecular flexibility index (Phi) is 3.18. The number of hydrogen-bond donors (Lipinski definition) is 0. The van der Waals surface area contributed by atoms with Gasteiger partial charge in [-0.3, -0.25) is 0 Å². The van der Waals surface area contributed by atoms with Gasteiger partial charge in [0.25, 0.3) is 0 Å². The molecule has 1 heteroatoms. The minimum atomic E-state index is 0.326. The molecule has 76 valence electrons. The van der Waals surface area contributed by atoms with E-state index in [0.717, 1.165) is 0 Å². The van der Waals surface area contributed by atoms with E-state index in [2.05, 4.69) is 41.5 Å². The highest BCUT2D eigenvalue weighted by Crippen LogP contribution is 2.35. The van der Waals surface area contributed by atoms with E-state index in [1.54, 1.807) is 0 Å². The Hall–Kier alpha value is -0.300. The summed E-state index contributed by atoms with van der Waals surface area (Å²) in [5, 5.41) is 0. The van der Waals surface area contributed by atoms with Crippen LogP contribution >= 0.6 is 0 Å². The second-order valence-corrected chi connectivity index (χ2v) is 4.64. The van der Waals surface area contributed by atoms with Crippen LogP contribution in [0.2, 0.25) is 0 Å². The molecular formula is C12H22O. The smallest absolute Gasteiger partial charge is 0.0771 e. The zero-order valence-electron chi connectivity index (χ0n) is 9.72. The molecule has 1 aliphatic heterocycles. The Morgan fingerprint density at radius 3 is 1.38 bits per heavy atom. The van der Waals surface area contributed by atoms with Gasteiger partial charge in [0.2, 0.25) is 0 Å². The van der Waals surface area contributed by atoms with Crippen molar-refractivity contribution in [3.05, 3.63) is 11.1 Å². The van der Waals surface area contributed by atoms with Crippen LogP contribution in [0.15, 0.2) is 11.1 Å². The van der Waals surface area contributed by atoms with Crippen LogP contribution in [-0.4, -0.2) is 12.2 Å². The predicted molar refractivity (Wildman–Crippen MR) is 56.7 cm³/mol. The molecule has 1 aliphatic rings. The third-order valence-electron chi connectivity index (χ3n) is 2.86. The van der Waals surface area contributed by atoms with Crippen molar-refractivity contribution >= 4 is 0 Å². The zero-order chi connectivity index (χ0) is 10.2. The molecule has 0 saturated heterocycles. The fraction of sp³-hybridized carbons (Fsp3) is 0.833. The van der Waals surface area contributed by atoms with Crippen molar-refractivity contribution in [1.29, 1.82) is 0 Å². The molecule has 1 nitrogen and oxygen atoms in total. The Labute approximate surface area is 82.2 Å². The number of hydrogen-bond acceptors (Lipinski definition) is 1. The molecule has 2 atom stereocenters. The summed E-state index contributed by atoms with van der Waals surface area (Å²) in [5.41, 5.74) is 3.06. The third-order valence-corrected chi connectivity index (χ3v) is 2.86. The molecule has 0 aliphatic carbocycles. The molecule has 0 aromatic carbocycles. The van der Waals surface area contributed by atoms with Crippen molar-refractivity contribution in [3.8, 4) is 0 Å². The van der Waals surface area contributed by atoms with Gasteiger partial charge in [0.05, 0.1) is 12.2 Å². The quantitative estimate of drug-likeness (QED) is 0.595. The first-order chi connectivity index (χ1) is 5.95. The maximum atomic E-state index is 5.83. The Morgan fingerprint density at radius 2 is 1.15 bits per heavy atom. The SMILES string of the molecule is CC(C)C1=C(C(C)C)[C@H](C)O[C@H]1C. The van der Waals surface area contributed by atoms with Crippen molar-refractivity contribution in [2.75, 3.05) is 0 Å². The molecule has 0 N–H and O–H groups in total. The highest BCUT2D eigenvalue weighted by Gasteiger charge is 2.31. The van der Waals surface area contributed by atoms with Crippen LogP contribution < -0.4 is 0 Å². The van der Waals surface area contributed by atoms with E-state index >= 15 is 0 Å². The van der Waals surface area contributed by atoms with Crippen molar-refractivity contribution < 1.29 is 4.74 Å². The molecule has 0 unspecified atom stereocenters. The van der Waals surface area contributed by atoms with Gasteiger partial charge in [-0.1, -0.05) is 27.7 Å². The van der Waals surface area contributed by atoms with Crippen LogP contribution in [0.1, 0.15) is 41.5 Å². The van der Waals surface area contributed by atoms with Gasteiger partial charge in [-0.2, -0.15) is 0 Å². The molecule has 1 rings (SSSR count). The minimum Gasteiger partial charge on any atom is -0.367 e. The summed E-state index contributed by atoms with van der Waals surface area (Å²) in [6.07, 6.45) is 0.653. The summed E-state index contributed by atoms with van der Waals surface area (Å²) in [5.74, 6) is 1.25. The number of ether oxygens (including phenoxy) is 1. The molecule has 0 fully saturated rings. The minimum absolute atomic E-state index is 0.326. The summed E-state index contributed by atoms with van der Waals surface area (Å²) in [6.45, 7) is 13.4. The molecule has 0 aromatic heterocycles. The topological polar surface area (TPSA) is 9.23 Å². The normalized spacial score (nSPS) is 29.5. The largest absolute Gasteiger partial charge is 0.367 e. The van der Waals surface area contributed by atoms with Gasteiger partial charge in [-0.15, -0.1) is 0 Å². The number of rotatable bonds is 2. The first-order valence-corrected chi connectivity index (χ1v) is 5.34. The van der Waals surface area contributed by atoms with Crippen LogP contribution in [0.25, 0.3) is 0 Å². The van der Waals surface area contributed by atoms with Crippen molar-refractivity contribution in [2.24, 2.45) is 11.8 Å². The summed E-state index contributed by atoms with van der Waals surface area (Å²) in [7, 11) is 0. The van der Waals surface area contributed by atoms with Crippen LogP contribution in [0, 0.1) is 11.8 Å². The second-order valence-electron chi connectivity index (χ2n) is 4.64. The summed E-state index contributed by atoms with van der Waals surface area (Å²) < 4.78 is 5.83. The Morgan fingerprint density at radius 1 is 0.846 bits per heavy atom. The lowest BCUT2D eigenvalue weighted by molar-refractivity contribution is 0.0691. The molecule has 0 spiro atoms. The second kappa shape index (κ2) is 3.83. The molecule has 0 amide bonds. The Bertz CT molecular complexity index is 191. The molecule has 13 heavy (non-hydrogen) atoms. The monoisotopic (exact) mass is 182 g/mol. The predicted octanol–water partition coefficient (Wildman–Crippen LogP) is 3.40. The molecule has 0 radical (unpaired) electrons. The van der Waals surface area contributed by atoms with E-state index in [1.165, 1.54) is 11.1 Å². The summed E-state index contributed by atoms with van der Waals surface area (Å²) >= 11 is 0. The van der Waals surface area contributed by atoms with E-state index in [4.69, 9.17) is 4.74 Å². The Balaban J connectivity index is 3.03. The van der Waals surface area contributed by atoms with Crippen LogP contribution in [0.5, 0.6) is 0 Å². The van der Waals surface area contributed by atoms with Crippen LogP contribution in [0.3, 0.4) is 0 Å². The lowest BCUT2D eigenvalue weighted by atomic mass is 9.87. The van der Waals surface area contributed by atoms with E-state index in [1.807, 2.05) is 0 Å². The van der Waals surface area contributed by atoms with Crippen LogP contribution in [0.4, 0.5) is 0 Å². The van der Waals surface area contributed by atoms with Gasteiger partial charge in [-0.25, -0.2) is 0 Å². The van der Waals surface area contributed by atoms with Gasteiger partial charge >= 0.3 is 0 Å². The van der Waals surface area contributed by atoms with E-state index in [-0.39, 0.29) is 0 Å².